The summed E-state index contributed by atoms with van der Waals surface area (Å²) in [5.41, 5.74) is 0. The molecule has 0 bridgehead atoms. The van der Waals surface area contributed by atoms with Gasteiger partial charge in [-0.05, 0) is 47.0 Å². The lowest BCUT2D eigenvalue weighted by molar-refractivity contribution is 0.386. The van der Waals surface area contributed by atoms with Crippen molar-refractivity contribution in [1.29, 1.82) is 0 Å². The van der Waals surface area contributed by atoms with Gasteiger partial charge in [0.05, 0.1) is 0 Å². The van der Waals surface area contributed by atoms with Crippen molar-refractivity contribution in [3.05, 3.63) is 0 Å². The summed E-state index contributed by atoms with van der Waals surface area (Å²) >= 11 is 3.56. The largest absolute Gasteiger partial charge is 0.314 e. The fourth-order valence-electron chi connectivity index (χ4n) is 1.31. The molecule has 0 aromatic heterocycles. The van der Waals surface area contributed by atoms with E-state index in [1.165, 1.54) is 19.4 Å². The molecule has 0 saturated carbocycles. The van der Waals surface area contributed by atoms with Crippen LogP contribution in [0.1, 0.15) is 26.7 Å². The molecule has 2 unspecified atom stereocenters. The van der Waals surface area contributed by atoms with E-state index < -0.39 is 0 Å². The van der Waals surface area contributed by atoms with E-state index in [4.69, 9.17) is 0 Å². The number of nitrogens with zero attached hydrogens (tertiary/aromatic N) is 1. The van der Waals surface area contributed by atoms with Gasteiger partial charge in [0.15, 0.2) is 0 Å². The third-order valence-corrected chi connectivity index (χ3v) is 2.33. The fourth-order valence-corrected chi connectivity index (χ4v) is 1.87. The van der Waals surface area contributed by atoms with Crippen LogP contribution in [0.4, 0.5) is 0 Å². The second-order valence-electron chi connectivity index (χ2n) is 4.03. The van der Waals surface area contributed by atoms with Crippen LogP contribution < -0.4 is 5.32 Å². The Balaban J connectivity index is 3.22. The van der Waals surface area contributed by atoms with Crippen molar-refractivity contribution in [1.82, 2.24) is 10.2 Å². The molecule has 0 saturated heterocycles. The van der Waals surface area contributed by atoms with Crippen LogP contribution in [0.2, 0.25) is 0 Å². The molecular weight excluding hydrogens is 228 g/mol. The van der Waals surface area contributed by atoms with Gasteiger partial charge in [-0.1, -0.05) is 22.9 Å². The molecule has 0 aliphatic carbocycles. The van der Waals surface area contributed by atoms with Gasteiger partial charge in [0.1, 0.15) is 0 Å². The second-order valence-corrected chi connectivity index (χ2v) is 5.59. The van der Waals surface area contributed by atoms with Crippen molar-refractivity contribution < 1.29 is 0 Å². The lowest BCUT2D eigenvalue weighted by atomic mass is 10.2. The van der Waals surface area contributed by atoms with Crippen molar-refractivity contribution in [2.24, 2.45) is 0 Å². The maximum absolute atomic E-state index is 3.56. The second kappa shape index (κ2) is 7.77. The van der Waals surface area contributed by atoms with E-state index in [9.17, 15) is 0 Å². The minimum atomic E-state index is 0.615. The monoisotopic (exact) mass is 250 g/mol. The van der Waals surface area contributed by atoms with E-state index >= 15 is 0 Å². The maximum atomic E-state index is 3.56. The van der Waals surface area contributed by atoms with Crippen LogP contribution in [-0.4, -0.2) is 43.0 Å². The van der Waals surface area contributed by atoms with E-state index in [1.807, 2.05) is 0 Å². The zero-order valence-electron chi connectivity index (χ0n) is 9.31. The molecule has 80 valence electrons. The molecule has 0 heterocycles. The highest BCUT2D eigenvalue weighted by molar-refractivity contribution is 9.09. The molecule has 3 heteroatoms. The van der Waals surface area contributed by atoms with E-state index in [-0.39, 0.29) is 0 Å². The summed E-state index contributed by atoms with van der Waals surface area (Å²) in [6.45, 7) is 6.73. The van der Waals surface area contributed by atoms with E-state index in [1.54, 1.807) is 0 Å². The Bertz CT molecular complexity index is 115. The first-order valence-corrected chi connectivity index (χ1v) is 5.96. The molecule has 0 aliphatic heterocycles. The summed E-state index contributed by atoms with van der Waals surface area (Å²) < 4.78 is 0. The van der Waals surface area contributed by atoms with Crippen molar-refractivity contribution in [3.8, 4) is 0 Å². The maximum Gasteiger partial charge on any atom is 0.0132 e. The topological polar surface area (TPSA) is 15.3 Å². The highest BCUT2D eigenvalue weighted by Gasteiger charge is 2.04. The van der Waals surface area contributed by atoms with Crippen molar-refractivity contribution in [3.63, 3.8) is 0 Å². The number of nitrogens with one attached hydrogen (secondary N) is 1. The van der Waals surface area contributed by atoms with Gasteiger partial charge in [-0.25, -0.2) is 0 Å². The lowest BCUT2D eigenvalue weighted by Gasteiger charge is -2.16. The van der Waals surface area contributed by atoms with Crippen LogP contribution in [0.15, 0.2) is 0 Å². The van der Waals surface area contributed by atoms with Gasteiger partial charge in [-0.15, -0.1) is 0 Å². The molecule has 0 aliphatic rings. The first-order chi connectivity index (χ1) is 6.02. The van der Waals surface area contributed by atoms with E-state index in [2.05, 4.69) is 54.1 Å². The normalized spacial score (nSPS) is 16.2. The zero-order chi connectivity index (χ0) is 10.3. The summed E-state index contributed by atoms with van der Waals surface area (Å²) in [5, 5.41) is 3.51. The molecule has 0 rings (SSSR count). The molecule has 0 fully saturated rings. The summed E-state index contributed by atoms with van der Waals surface area (Å²) in [6.07, 6.45) is 2.43. The van der Waals surface area contributed by atoms with Crippen LogP contribution >= 0.6 is 15.9 Å². The number of hydrogen-bond acceptors (Lipinski definition) is 2. The van der Waals surface area contributed by atoms with Crippen LogP contribution in [0.3, 0.4) is 0 Å². The van der Waals surface area contributed by atoms with E-state index in [0.29, 0.717) is 10.9 Å². The molecule has 13 heavy (non-hydrogen) atoms. The van der Waals surface area contributed by atoms with Gasteiger partial charge in [0.2, 0.25) is 0 Å². The molecule has 2 atom stereocenters. The van der Waals surface area contributed by atoms with Crippen LogP contribution in [0.25, 0.3) is 0 Å². The third kappa shape index (κ3) is 10.3. The van der Waals surface area contributed by atoms with E-state index in [0.717, 1.165) is 6.54 Å². The molecule has 2 nitrogen and oxygen atoms in total. The number of hydrogen-bond donors (Lipinski definition) is 1. The lowest BCUT2D eigenvalue weighted by Crippen LogP contribution is -2.30. The molecule has 0 aromatic carbocycles. The minimum Gasteiger partial charge on any atom is -0.314 e. The van der Waals surface area contributed by atoms with Crippen molar-refractivity contribution in [2.45, 2.75) is 37.6 Å². The molecule has 0 spiro atoms. The Morgan fingerprint density at radius 3 is 2.38 bits per heavy atom. The SMILES string of the molecule is CC(Br)CC(C)NCCCN(C)C. The Kier molecular flexibility index (Phi) is 8.01. The van der Waals surface area contributed by atoms with Crippen molar-refractivity contribution in [2.75, 3.05) is 27.2 Å². The number of rotatable bonds is 7. The molecule has 1 N–H and O–H groups in total. The molecule has 0 amide bonds. The van der Waals surface area contributed by atoms with Gasteiger partial charge >= 0.3 is 0 Å². The average Bonchev–Trinajstić information content (AvgIpc) is 1.96. The zero-order valence-corrected chi connectivity index (χ0v) is 10.9. The number of halogens is 1. The third-order valence-electron chi connectivity index (χ3n) is 1.95. The summed E-state index contributed by atoms with van der Waals surface area (Å²) in [7, 11) is 4.23. The summed E-state index contributed by atoms with van der Waals surface area (Å²) in [4.78, 5) is 2.84. The molecule has 0 aromatic rings. The van der Waals surface area contributed by atoms with Gasteiger partial charge < -0.3 is 10.2 Å². The minimum absolute atomic E-state index is 0.615. The van der Waals surface area contributed by atoms with Crippen molar-refractivity contribution >= 4 is 15.9 Å². The van der Waals surface area contributed by atoms with Crippen LogP contribution in [0, 0.1) is 0 Å². The van der Waals surface area contributed by atoms with Gasteiger partial charge in [0, 0.05) is 10.9 Å². The Hall–Kier alpha value is 0.400. The highest BCUT2D eigenvalue weighted by atomic mass is 79.9. The first-order valence-electron chi connectivity index (χ1n) is 5.04. The Labute approximate surface area is 91.2 Å². The van der Waals surface area contributed by atoms with Crippen LogP contribution in [0.5, 0.6) is 0 Å². The average molecular weight is 251 g/mol. The highest BCUT2D eigenvalue weighted by Crippen LogP contribution is 2.06. The summed E-state index contributed by atoms with van der Waals surface area (Å²) in [5.74, 6) is 0. The predicted octanol–water partition coefficient (Wildman–Crippen LogP) is 2.09. The predicted molar refractivity (Wildman–Crippen MR) is 63.6 cm³/mol. The Morgan fingerprint density at radius 1 is 1.31 bits per heavy atom. The Morgan fingerprint density at radius 2 is 1.92 bits per heavy atom. The van der Waals surface area contributed by atoms with Crippen LogP contribution in [-0.2, 0) is 0 Å². The fraction of sp³-hybridized carbons (Fsp3) is 1.00. The van der Waals surface area contributed by atoms with Gasteiger partial charge in [-0.2, -0.15) is 0 Å². The van der Waals surface area contributed by atoms with Gasteiger partial charge in [0.25, 0.3) is 0 Å². The first kappa shape index (κ1) is 13.4. The molecule has 0 radical (unpaired) electrons. The quantitative estimate of drug-likeness (QED) is 0.550. The molecular formula is C10H23BrN2. The smallest absolute Gasteiger partial charge is 0.0132 e. The van der Waals surface area contributed by atoms with Gasteiger partial charge in [-0.3, -0.25) is 0 Å². The summed E-state index contributed by atoms with van der Waals surface area (Å²) in [6, 6.07) is 0.622. The number of alkyl halides is 1. The standard InChI is InChI=1S/C10H23BrN2/c1-9(11)8-10(2)12-6-5-7-13(3)4/h9-10,12H,5-8H2,1-4H3.